The molecule has 1 atom stereocenters. The van der Waals surface area contributed by atoms with Crippen molar-refractivity contribution in [2.75, 3.05) is 6.54 Å². The Morgan fingerprint density at radius 1 is 1.15 bits per heavy atom. The minimum absolute atomic E-state index is 0.152. The molecule has 8 nitrogen and oxygen atoms in total. The third kappa shape index (κ3) is 3.84. The van der Waals surface area contributed by atoms with Gasteiger partial charge in [-0.2, -0.15) is 5.21 Å². The predicted molar refractivity (Wildman–Crippen MR) is 98.7 cm³/mol. The number of carbonyl (C=O) groups is 2. The highest BCUT2D eigenvalue weighted by Crippen LogP contribution is 2.26. The van der Waals surface area contributed by atoms with Crippen molar-refractivity contribution in [1.82, 2.24) is 30.8 Å². The first-order valence-electron chi connectivity index (χ1n) is 9.65. The van der Waals surface area contributed by atoms with Crippen LogP contribution in [0.2, 0.25) is 0 Å². The van der Waals surface area contributed by atoms with Crippen LogP contribution in [-0.2, 0) is 4.79 Å². The molecule has 1 aliphatic carbocycles. The molecule has 27 heavy (non-hydrogen) atoms. The number of carbonyl (C=O) groups excluding carboxylic acids is 2. The van der Waals surface area contributed by atoms with Crippen LogP contribution in [-0.4, -0.2) is 56.0 Å². The van der Waals surface area contributed by atoms with Gasteiger partial charge in [0.15, 0.2) is 0 Å². The van der Waals surface area contributed by atoms with Gasteiger partial charge in [0.25, 0.3) is 5.91 Å². The Balaban J connectivity index is 1.44. The van der Waals surface area contributed by atoms with E-state index in [1.54, 1.807) is 18.2 Å². The Hall–Kier alpha value is -2.77. The molecule has 4 rings (SSSR count). The molecule has 0 bridgehead atoms. The molecule has 2 aliphatic rings. The molecule has 0 spiro atoms. The number of aromatic nitrogens is 4. The molecule has 2 fully saturated rings. The number of H-pyrrole nitrogens is 1. The number of benzene rings is 1. The summed E-state index contributed by atoms with van der Waals surface area (Å²) in [7, 11) is 0. The van der Waals surface area contributed by atoms with Crippen molar-refractivity contribution >= 4 is 11.8 Å². The summed E-state index contributed by atoms with van der Waals surface area (Å²) in [6.07, 6.45) is 7.40. The lowest BCUT2D eigenvalue weighted by Gasteiger charge is -2.27. The summed E-state index contributed by atoms with van der Waals surface area (Å²) in [5.41, 5.74) is 1.10. The van der Waals surface area contributed by atoms with E-state index in [0.717, 1.165) is 12.8 Å². The Kier molecular flexibility index (Phi) is 5.13. The number of tetrazole rings is 1. The van der Waals surface area contributed by atoms with Gasteiger partial charge in [0.2, 0.25) is 11.7 Å². The van der Waals surface area contributed by atoms with Gasteiger partial charge in [-0.15, -0.1) is 10.2 Å². The molecule has 2 heterocycles. The average Bonchev–Trinajstić information content (AvgIpc) is 3.25. The highest BCUT2D eigenvalue weighted by molar-refractivity contribution is 6.00. The first-order valence-corrected chi connectivity index (χ1v) is 9.65. The second kappa shape index (κ2) is 7.85. The molecule has 142 valence electrons. The summed E-state index contributed by atoms with van der Waals surface area (Å²) in [6, 6.07) is 7.32. The van der Waals surface area contributed by atoms with Crippen molar-refractivity contribution < 1.29 is 9.59 Å². The Bertz CT molecular complexity index is 798. The lowest BCUT2D eigenvalue weighted by molar-refractivity contribution is -0.129. The van der Waals surface area contributed by atoms with Gasteiger partial charge in [0.05, 0.1) is 11.6 Å². The second-order valence-corrected chi connectivity index (χ2v) is 7.35. The molecule has 1 saturated carbocycles. The predicted octanol–water partition coefficient (Wildman–Crippen LogP) is 1.92. The van der Waals surface area contributed by atoms with E-state index in [1.165, 1.54) is 25.7 Å². The fourth-order valence-electron chi connectivity index (χ4n) is 4.17. The summed E-state index contributed by atoms with van der Waals surface area (Å²) < 4.78 is 0. The van der Waals surface area contributed by atoms with Crippen LogP contribution in [0.5, 0.6) is 0 Å². The van der Waals surface area contributed by atoms with Gasteiger partial charge in [0.1, 0.15) is 0 Å². The average molecular weight is 368 g/mol. The number of aromatic amines is 1. The van der Waals surface area contributed by atoms with Gasteiger partial charge >= 0.3 is 0 Å². The number of nitrogens with zero attached hydrogens (tertiary/aromatic N) is 4. The van der Waals surface area contributed by atoms with E-state index < -0.39 is 0 Å². The molecule has 1 aromatic carbocycles. The lowest BCUT2D eigenvalue weighted by Crippen LogP contribution is -2.40. The van der Waals surface area contributed by atoms with Gasteiger partial charge in [-0.3, -0.25) is 9.59 Å². The van der Waals surface area contributed by atoms with E-state index in [-0.39, 0.29) is 17.9 Å². The van der Waals surface area contributed by atoms with Crippen LogP contribution in [0, 0.1) is 0 Å². The number of amides is 2. The number of rotatable bonds is 4. The van der Waals surface area contributed by atoms with Crippen LogP contribution < -0.4 is 5.32 Å². The fraction of sp³-hybridized carbons (Fsp3) is 0.526. The van der Waals surface area contributed by atoms with Crippen LogP contribution in [0.15, 0.2) is 24.3 Å². The molecule has 2 amide bonds. The zero-order chi connectivity index (χ0) is 18.6. The van der Waals surface area contributed by atoms with E-state index in [9.17, 15) is 9.59 Å². The van der Waals surface area contributed by atoms with Crippen molar-refractivity contribution in [1.29, 1.82) is 0 Å². The summed E-state index contributed by atoms with van der Waals surface area (Å²) in [6.45, 7) is 0.597. The van der Waals surface area contributed by atoms with Crippen molar-refractivity contribution in [3.05, 3.63) is 29.8 Å². The van der Waals surface area contributed by atoms with Crippen LogP contribution in [0.3, 0.4) is 0 Å². The van der Waals surface area contributed by atoms with E-state index in [2.05, 4.69) is 25.9 Å². The van der Waals surface area contributed by atoms with Gasteiger partial charge in [0, 0.05) is 24.6 Å². The van der Waals surface area contributed by atoms with Gasteiger partial charge in [-0.25, -0.2) is 0 Å². The molecule has 1 aliphatic heterocycles. The number of likely N-dealkylation sites (tertiary alicyclic amines) is 1. The molecule has 2 aromatic rings. The van der Waals surface area contributed by atoms with Crippen molar-refractivity contribution in [2.24, 2.45) is 0 Å². The number of hydrogen-bond donors (Lipinski definition) is 2. The Labute approximate surface area is 157 Å². The normalized spacial score (nSPS) is 21.3. The SMILES string of the molecule is O=C(NC1CC(=O)N(C2CCCCCC2)C1)c1ccccc1-c1nn[nH]n1. The zero-order valence-electron chi connectivity index (χ0n) is 15.2. The number of hydrogen-bond acceptors (Lipinski definition) is 5. The summed E-state index contributed by atoms with van der Waals surface area (Å²) in [5.74, 6) is 0.317. The third-order valence-corrected chi connectivity index (χ3v) is 5.52. The monoisotopic (exact) mass is 368 g/mol. The largest absolute Gasteiger partial charge is 0.347 e. The van der Waals surface area contributed by atoms with Crippen molar-refractivity contribution in [3.63, 3.8) is 0 Å². The minimum Gasteiger partial charge on any atom is -0.347 e. The third-order valence-electron chi connectivity index (χ3n) is 5.52. The first kappa shape index (κ1) is 17.6. The van der Waals surface area contributed by atoms with Crippen LogP contribution in [0.1, 0.15) is 55.3 Å². The van der Waals surface area contributed by atoms with Crippen LogP contribution >= 0.6 is 0 Å². The maximum atomic E-state index is 12.8. The lowest BCUT2D eigenvalue weighted by atomic mass is 10.1. The molecule has 8 heteroatoms. The first-order chi connectivity index (χ1) is 13.2. The number of nitrogens with one attached hydrogen (secondary N) is 2. The highest BCUT2D eigenvalue weighted by Gasteiger charge is 2.35. The molecular weight excluding hydrogens is 344 g/mol. The maximum Gasteiger partial charge on any atom is 0.252 e. The van der Waals surface area contributed by atoms with E-state index in [0.29, 0.717) is 36.0 Å². The summed E-state index contributed by atoms with van der Waals surface area (Å²) in [4.78, 5) is 27.3. The highest BCUT2D eigenvalue weighted by atomic mass is 16.2. The van der Waals surface area contributed by atoms with E-state index in [4.69, 9.17) is 0 Å². The summed E-state index contributed by atoms with van der Waals surface area (Å²) in [5, 5.41) is 16.9. The quantitative estimate of drug-likeness (QED) is 0.803. The molecular formula is C19H24N6O2. The van der Waals surface area contributed by atoms with Gasteiger partial charge < -0.3 is 10.2 Å². The molecule has 0 radical (unpaired) electrons. The van der Waals surface area contributed by atoms with E-state index in [1.807, 2.05) is 11.0 Å². The van der Waals surface area contributed by atoms with Crippen LogP contribution in [0.4, 0.5) is 0 Å². The van der Waals surface area contributed by atoms with Gasteiger partial charge in [-0.05, 0) is 24.1 Å². The van der Waals surface area contributed by atoms with E-state index >= 15 is 0 Å². The fourth-order valence-corrected chi connectivity index (χ4v) is 4.17. The van der Waals surface area contributed by atoms with Gasteiger partial charge in [-0.1, -0.05) is 43.9 Å². The molecule has 2 N–H and O–H groups in total. The standard InChI is InChI=1S/C19H24N6O2/c26-17-11-13(12-25(17)14-7-3-1-2-4-8-14)20-19(27)16-10-6-5-9-15(16)18-21-23-24-22-18/h5-6,9-10,13-14H,1-4,7-8,11-12H2,(H,20,27)(H,21,22,23,24). The van der Waals surface area contributed by atoms with Crippen LogP contribution in [0.25, 0.3) is 11.4 Å². The molecule has 1 unspecified atom stereocenters. The maximum absolute atomic E-state index is 12.8. The Morgan fingerprint density at radius 2 is 1.93 bits per heavy atom. The zero-order valence-corrected chi connectivity index (χ0v) is 15.2. The molecule has 1 aromatic heterocycles. The molecule has 1 saturated heterocycles. The van der Waals surface area contributed by atoms with Crippen molar-refractivity contribution in [2.45, 2.75) is 57.0 Å². The smallest absolute Gasteiger partial charge is 0.252 e. The Morgan fingerprint density at radius 3 is 2.67 bits per heavy atom. The topological polar surface area (TPSA) is 104 Å². The van der Waals surface area contributed by atoms with Crippen molar-refractivity contribution in [3.8, 4) is 11.4 Å². The minimum atomic E-state index is -0.212. The second-order valence-electron chi connectivity index (χ2n) is 7.35. The summed E-state index contributed by atoms with van der Waals surface area (Å²) >= 11 is 0.